The molecule has 4 rings (SSSR count). The number of amides is 3. The van der Waals surface area contributed by atoms with Gasteiger partial charge in [-0.15, -0.1) is 0 Å². The molecule has 9 heteroatoms. The highest BCUT2D eigenvalue weighted by atomic mass is 19.1. The Kier molecular flexibility index (Phi) is 6.88. The Bertz CT molecular complexity index is 1020. The van der Waals surface area contributed by atoms with Crippen molar-refractivity contribution < 1.29 is 28.6 Å². The SMILES string of the molecule is O=C1[C@H](COCc2ccccc2)N2C(=O)CCN(C(=O)O)[C@H]2CN1CCc1cccc(F)c1. The minimum atomic E-state index is -1.14. The number of halogens is 1. The van der Waals surface area contributed by atoms with Crippen molar-refractivity contribution in [1.82, 2.24) is 14.7 Å². The van der Waals surface area contributed by atoms with Gasteiger partial charge in [0.25, 0.3) is 0 Å². The lowest BCUT2D eigenvalue weighted by Gasteiger charge is -2.51. The van der Waals surface area contributed by atoms with Crippen LogP contribution in [0.25, 0.3) is 0 Å². The van der Waals surface area contributed by atoms with Gasteiger partial charge in [0.1, 0.15) is 18.0 Å². The van der Waals surface area contributed by atoms with Crippen LogP contribution < -0.4 is 0 Å². The quantitative estimate of drug-likeness (QED) is 0.692. The number of piperazine rings is 1. The molecule has 2 saturated heterocycles. The number of hydrogen-bond donors (Lipinski definition) is 1. The van der Waals surface area contributed by atoms with Gasteiger partial charge in [-0.25, -0.2) is 9.18 Å². The smallest absolute Gasteiger partial charge is 0.409 e. The van der Waals surface area contributed by atoms with Crippen molar-refractivity contribution in [3.05, 3.63) is 71.5 Å². The first-order chi connectivity index (χ1) is 15.9. The Morgan fingerprint density at radius 3 is 2.58 bits per heavy atom. The minimum Gasteiger partial charge on any atom is -0.465 e. The molecule has 8 nitrogen and oxygen atoms in total. The van der Waals surface area contributed by atoms with Gasteiger partial charge in [0.05, 0.1) is 19.8 Å². The number of carboxylic acid groups (broad SMARTS) is 1. The molecule has 1 N–H and O–H groups in total. The number of hydrogen-bond acceptors (Lipinski definition) is 4. The lowest BCUT2D eigenvalue weighted by molar-refractivity contribution is -0.171. The lowest BCUT2D eigenvalue weighted by atomic mass is 10.0. The van der Waals surface area contributed by atoms with Crippen LogP contribution in [0.5, 0.6) is 0 Å². The third kappa shape index (κ3) is 5.14. The van der Waals surface area contributed by atoms with E-state index in [0.29, 0.717) is 6.42 Å². The van der Waals surface area contributed by atoms with Crippen molar-refractivity contribution in [3.8, 4) is 0 Å². The van der Waals surface area contributed by atoms with Crippen LogP contribution in [-0.2, 0) is 27.4 Å². The van der Waals surface area contributed by atoms with Crippen LogP contribution in [-0.4, -0.2) is 76.2 Å². The van der Waals surface area contributed by atoms with Gasteiger partial charge in [-0.2, -0.15) is 0 Å². The molecule has 2 heterocycles. The molecule has 2 aliphatic rings. The van der Waals surface area contributed by atoms with Crippen molar-refractivity contribution in [3.63, 3.8) is 0 Å². The van der Waals surface area contributed by atoms with Gasteiger partial charge in [0.2, 0.25) is 11.8 Å². The Hall–Kier alpha value is -3.46. The molecule has 2 aromatic rings. The second-order valence-corrected chi connectivity index (χ2v) is 8.19. The van der Waals surface area contributed by atoms with Crippen molar-refractivity contribution in [1.29, 1.82) is 0 Å². The molecule has 0 bridgehead atoms. The maximum atomic E-state index is 13.5. The van der Waals surface area contributed by atoms with Crippen LogP contribution in [0, 0.1) is 5.82 Å². The van der Waals surface area contributed by atoms with Crippen LogP contribution in [0.1, 0.15) is 17.5 Å². The molecular weight excluding hydrogens is 429 g/mol. The first-order valence-electron chi connectivity index (χ1n) is 10.9. The van der Waals surface area contributed by atoms with Crippen molar-refractivity contribution in [2.24, 2.45) is 0 Å². The average Bonchev–Trinajstić information content (AvgIpc) is 2.80. The monoisotopic (exact) mass is 455 g/mol. The summed E-state index contributed by atoms with van der Waals surface area (Å²) < 4.78 is 19.3. The van der Waals surface area contributed by atoms with Gasteiger partial charge < -0.3 is 19.6 Å². The summed E-state index contributed by atoms with van der Waals surface area (Å²) in [6, 6.07) is 14.7. The molecule has 0 radical (unpaired) electrons. The second-order valence-electron chi connectivity index (χ2n) is 8.19. The molecule has 2 aliphatic heterocycles. The van der Waals surface area contributed by atoms with E-state index in [1.165, 1.54) is 21.9 Å². The number of carbonyl (C=O) groups is 3. The molecule has 2 fully saturated rings. The largest absolute Gasteiger partial charge is 0.465 e. The number of carbonyl (C=O) groups excluding carboxylic acids is 2. The Balaban J connectivity index is 1.52. The van der Waals surface area contributed by atoms with Gasteiger partial charge in [0.15, 0.2) is 0 Å². The fourth-order valence-corrected chi connectivity index (χ4v) is 4.39. The van der Waals surface area contributed by atoms with E-state index in [1.807, 2.05) is 30.3 Å². The molecule has 0 unspecified atom stereocenters. The summed E-state index contributed by atoms with van der Waals surface area (Å²) in [6.45, 7) is 0.660. The standard InChI is InChI=1S/C24H26FN3O5/c25-19-8-4-7-17(13-19)9-11-26-14-21-27(24(31)32)12-10-22(29)28(21)20(23(26)30)16-33-15-18-5-2-1-3-6-18/h1-8,13,20-21H,9-12,14-16H2,(H,31,32)/t20-,21+/m0/s1. The maximum absolute atomic E-state index is 13.5. The topological polar surface area (TPSA) is 90.4 Å². The van der Waals surface area contributed by atoms with E-state index in [-0.39, 0.29) is 56.9 Å². The van der Waals surface area contributed by atoms with Crippen LogP contribution in [0.15, 0.2) is 54.6 Å². The third-order valence-corrected chi connectivity index (χ3v) is 6.04. The van der Waals surface area contributed by atoms with E-state index in [1.54, 1.807) is 17.0 Å². The van der Waals surface area contributed by atoms with Crippen LogP contribution >= 0.6 is 0 Å². The molecule has 3 amide bonds. The van der Waals surface area contributed by atoms with E-state index in [2.05, 4.69) is 0 Å². The van der Waals surface area contributed by atoms with E-state index < -0.39 is 18.3 Å². The minimum absolute atomic E-state index is 0.0224. The Morgan fingerprint density at radius 1 is 1.09 bits per heavy atom. The van der Waals surface area contributed by atoms with Crippen molar-refractivity contribution in [2.75, 3.05) is 26.2 Å². The summed E-state index contributed by atoms with van der Waals surface area (Å²) in [5, 5.41) is 9.68. The number of rotatable bonds is 7. The normalized spacial score (nSPS) is 20.7. The lowest BCUT2D eigenvalue weighted by Crippen LogP contribution is -2.72. The Labute approximate surface area is 191 Å². The van der Waals surface area contributed by atoms with Gasteiger partial charge in [-0.1, -0.05) is 42.5 Å². The molecule has 174 valence electrons. The second kappa shape index (κ2) is 9.99. The number of fused-ring (bicyclic) bond motifs is 1. The summed E-state index contributed by atoms with van der Waals surface area (Å²) in [5.41, 5.74) is 1.66. The fraction of sp³-hybridized carbons (Fsp3) is 0.375. The summed E-state index contributed by atoms with van der Waals surface area (Å²) in [5.74, 6) is -0.911. The maximum Gasteiger partial charge on any atom is 0.409 e. The first kappa shape index (κ1) is 22.7. The first-order valence-corrected chi connectivity index (χ1v) is 10.9. The van der Waals surface area contributed by atoms with Crippen LogP contribution in [0.2, 0.25) is 0 Å². The summed E-state index contributed by atoms with van der Waals surface area (Å²) in [4.78, 5) is 42.0. The summed E-state index contributed by atoms with van der Waals surface area (Å²) in [7, 11) is 0. The molecule has 2 aromatic carbocycles. The average molecular weight is 455 g/mol. The van der Waals surface area contributed by atoms with E-state index in [4.69, 9.17) is 4.74 Å². The Morgan fingerprint density at radius 2 is 1.85 bits per heavy atom. The molecule has 0 saturated carbocycles. The van der Waals surface area contributed by atoms with Gasteiger partial charge >= 0.3 is 6.09 Å². The van der Waals surface area contributed by atoms with Gasteiger partial charge in [0, 0.05) is 19.5 Å². The predicted molar refractivity (Wildman–Crippen MR) is 117 cm³/mol. The highest BCUT2D eigenvalue weighted by Crippen LogP contribution is 2.26. The van der Waals surface area contributed by atoms with Crippen molar-refractivity contribution in [2.45, 2.75) is 31.7 Å². The summed E-state index contributed by atoms with van der Waals surface area (Å²) >= 11 is 0. The van der Waals surface area contributed by atoms with Crippen LogP contribution in [0.3, 0.4) is 0 Å². The van der Waals surface area contributed by atoms with Gasteiger partial charge in [-0.05, 0) is 29.7 Å². The van der Waals surface area contributed by atoms with E-state index in [0.717, 1.165) is 11.1 Å². The van der Waals surface area contributed by atoms with Crippen LogP contribution in [0.4, 0.5) is 9.18 Å². The van der Waals surface area contributed by atoms with E-state index in [9.17, 15) is 23.9 Å². The highest BCUT2D eigenvalue weighted by molar-refractivity contribution is 5.90. The zero-order valence-corrected chi connectivity index (χ0v) is 18.1. The molecular formula is C24H26FN3O5. The molecule has 0 aliphatic carbocycles. The zero-order valence-electron chi connectivity index (χ0n) is 18.1. The zero-order chi connectivity index (χ0) is 23.4. The number of nitrogens with zero attached hydrogens (tertiary/aromatic N) is 3. The highest BCUT2D eigenvalue weighted by Gasteiger charge is 2.48. The predicted octanol–water partition coefficient (Wildman–Crippen LogP) is 2.33. The van der Waals surface area contributed by atoms with Gasteiger partial charge in [-0.3, -0.25) is 14.5 Å². The van der Waals surface area contributed by atoms with E-state index >= 15 is 0 Å². The number of benzene rings is 2. The molecule has 33 heavy (non-hydrogen) atoms. The number of ether oxygens (including phenoxy) is 1. The summed E-state index contributed by atoms with van der Waals surface area (Å²) in [6.07, 6.45) is -1.48. The van der Waals surface area contributed by atoms with Crippen molar-refractivity contribution >= 4 is 17.9 Å². The fourth-order valence-electron chi connectivity index (χ4n) is 4.39. The third-order valence-electron chi connectivity index (χ3n) is 6.04. The molecule has 0 aromatic heterocycles. The molecule has 2 atom stereocenters. The molecule has 0 spiro atoms.